The van der Waals surface area contributed by atoms with Crippen LogP contribution in [0.25, 0.3) is 0 Å². The lowest BCUT2D eigenvalue weighted by Gasteiger charge is -2.33. The Labute approximate surface area is 117 Å². The van der Waals surface area contributed by atoms with Crippen molar-refractivity contribution in [3.05, 3.63) is 29.8 Å². The Kier molecular flexibility index (Phi) is 4.10. The van der Waals surface area contributed by atoms with Crippen LogP contribution in [-0.2, 0) is 0 Å². The minimum Gasteiger partial charge on any atom is -0.385 e. The summed E-state index contributed by atoms with van der Waals surface area (Å²) in [6, 6.07) is 8.94. The highest BCUT2D eigenvalue weighted by Gasteiger charge is 2.26. The van der Waals surface area contributed by atoms with E-state index in [0.717, 1.165) is 24.3 Å². The van der Waals surface area contributed by atoms with E-state index in [1.165, 1.54) is 50.6 Å². The number of benzene rings is 1. The zero-order chi connectivity index (χ0) is 13.1. The van der Waals surface area contributed by atoms with Crippen molar-refractivity contribution in [2.75, 3.05) is 11.9 Å². The number of anilines is 1. The molecule has 1 aliphatic carbocycles. The van der Waals surface area contributed by atoms with E-state index in [4.69, 9.17) is 0 Å². The normalized spacial score (nSPS) is 30.5. The fraction of sp³-hybridized carbons (Fsp3) is 0.667. The molecule has 19 heavy (non-hydrogen) atoms. The Balaban J connectivity index is 1.62. The first-order valence-corrected chi connectivity index (χ1v) is 8.19. The molecule has 1 aromatic carbocycles. The van der Waals surface area contributed by atoms with Gasteiger partial charge in [-0.25, -0.2) is 0 Å². The molecular formula is C18H27N. The largest absolute Gasteiger partial charge is 0.385 e. The molecule has 1 unspecified atom stereocenters. The molecule has 1 saturated carbocycles. The molecule has 1 heterocycles. The van der Waals surface area contributed by atoms with Crippen molar-refractivity contribution in [2.45, 2.75) is 57.8 Å². The van der Waals surface area contributed by atoms with Gasteiger partial charge >= 0.3 is 0 Å². The third kappa shape index (κ3) is 2.96. The maximum Gasteiger partial charge on any atom is 0.0375 e. The molecule has 1 fully saturated rings. The predicted molar refractivity (Wildman–Crippen MR) is 82.6 cm³/mol. The highest BCUT2D eigenvalue weighted by Crippen LogP contribution is 2.40. The van der Waals surface area contributed by atoms with Crippen LogP contribution >= 0.6 is 0 Å². The summed E-state index contributed by atoms with van der Waals surface area (Å²) in [7, 11) is 0. The highest BCUT2D eigenvalue weighted by molar-refractivity contribution is 5.54. The minimum absolute atomic E-state index is 0.806. The van der Waals surface area contributed by atoms with Crippen molar-refractivity contribution < 1.29 is 0 Å². The van der Waals surface area contributed by atoms with E-state index in [2.05, 4.69) is 36.5 Å². The smallest absolute Gasteiger partial charge is 0.0375 e. The van der Waals surface area contributed by atoms with Gasteiger partial charge in [-0.3, -0.25) is 0 Å². The van der Waals surface area contributed by atoms with E-state index < -0.39 is 0 Å². The first-order chi connectivity index (χ1) is 9.36. The summed E-state index contributed by atoms with van der Waals surface area (Å²) in [5, 5.41) is 3.55. The molecule has 104 valence electrons. The Morgan fingerprint density at radius 1 is 1.00 bits per heavy atom. The predicted octanol–water partition coefficient (Wildman–Crippen LogP) is 5.19. The third-order valence-electron chi connectivity index (χ3n) is 5.37. The van der Waals surface area contributed by atoms with E-state index in [9.17, 15) is 0 Å². The molecule has 1 N–H and O–H groups in total. The van der Waals surface area contributed by atoms with Crippen molar-refractivity contribution >= 4 is 5.69 Å². The molecule has 0 aromatic heterocycles. The van der Waals surface area contributed by atoms with Gasteiger partial charge in [0.1, 0.15) is 0 Å². The third-order valence-corrected chi connectivity index (χ3v) is 5.37. The summed E-state index contributed by atoms with van der Waals surface area (Å²) in [6.45, 7) is 3.51. The molecule has 0 bridgehead atoms. The molecular weight excluding hydrogens is 230 g/mol. The summed E-state index contributed by atoms with van der Waals surface area (Å²) >= 11 is 0. The summed E-state index contributed by atoms with van der Waals surface area (Å²) in [5.41, 5.74) is 2.97. The molecule has 0 saturated heterocycles. The lowest BCUT2D eigenvalue weighted by molar-refractivity contribution is 0.245. The summed E-state index contributed by atoms with van der Waals surface area (Å²) < 4.78 is 0. The van der Waals surface area contributed by atoms with Crippen LogP contribution in [0.5, 0.6) is 0 Å². The molecule has 2 aliphatic rings. The van der Waals surface area contributed by atoms with Crippen LogP contribution in [0.3, 0.4) is 0 Å². The Morgan fingerprint density at radius 2 is 1.74 bits per heavy atom. The SMILES string of the molecule is CCC1CCC(CC2CCNc3ccccc32)CC1. The Hall–Kier alpha value is -0.980. The van der Waals surface area contributed by atoms with Crippen molar-refractivity contribution in [3.63, 3.8) is 0 Å². The average Bonchev–Trinajstić information content (AvgIpc) is 2.48. The van der Waals surface area contributed by atoms with E-state index >= 15 is 0 Å². The lowest BCUT2D eigenvalue weighted by atomic mass is 9.75. The van der Waals surface area contributed by atoms with Crippen LogP contribution in [0, 0.1) is 11.8 Å². The zero-order valence-corrected chi connectivity index (χ0v) is 12.2. The zero-order valence-electron chi connectivity index (χ0n) is 12.2. The van der Waals surface area contributed by atoms with Gasteiger partial charge in [0.2, 0.25) is 0 Å². The molecule has 0 amide bonds. The number of hydrogen-bond donors (Lipinski definition) is 1. The molecule has 0 spiro atoms. The standard InChI is InChI=1S/C18H27N/c1-2-14-7-9-15(10-8-14)13-16-11-12-19-18-6-4-3-5-17(16)18/h3-6,14-16,19H,2,7-13H2,1H3. The van der Waals surface area contributed by atoms with E-state index in [0.29, 0.717) is 0 Å². The summed E-state index contributed by atoms with van der Waals surface area (Å²) in [5.74, 6) is 2.82. The van der Waals surface area contributed by atoms with Crippen molar-refractivity contribution in [3.8, 4) is 0 Å². The quantitative estimate of drug-likeness (QED) is 0.785. The molecule has 0 radical (unpaired) electrons. The molecule has 1 nitrogen and oxygen atoms in total. The second-order valence-corrected chi connectivity index (χ2v) is 6.53. The summed E-state index contributed by atoms with van der Waals surface area (Å²) in [6.07, 6.45) is 10.1. The van der Waals surface area contributed by atoms with Gasteiger partial charge in [0.05, 0.1) is 0 Å². The molecule has 3 rings (SSSR count). The average molecular weight is 257 g/mol. The van der Waals surface area contributed by atoms with Crippen LogP contribution in [-0.4, -0.2) is 6.54 Å². The summed E-state index contributed by atoms with van der Waals surface area (Å²) in [4.78, 5) is 0. The number of para-hydroxylation sites is 1. The van der Waals surface area contributed by atoms with Gasteiger partial charge in [-0.1, -0.05) is 57.2 Å². The maximum atomic E-state index is 3.55. The van der Waals surface area contributed by atoms with Gasteiger partial charge in [-0.2, -0.15) is 0 Å². The number of nitrogens with one attached hydrogen (secondary N) is 1. The van der Waals surface area contributed by atoms with E-state index in [1.807, 2.05) is 0 Å². The number of rotatable bonds is 3. The van der Waals surface area contributed by atoms with Gasteiger partial charge in [-0.05, 0) is 42.2 Å². The highest BCUT2D eigenvalue weighted by atomic mass is 14.9. The fourth-order valence-electron chi connectivity index (χ4n) is 4.07. The van der Waals surface area contributed by atoms with Gasteiger partial charge in [0.15, 0.2) is 0 Å². The maximum absolute atomic E-state index is 3.55. The van der Waals surface area contributed by atoms with Crippen LogP contribution in [0.2, 0.25) is 0 Å². The lowest BCUT2D eigenvalue weighted by Crippen LogP contribution is -2.21. The van der Waals surface area contributed by atoms with Crippen LogP contribution < -0.4 is 5.32 Å². The van der Waals surface area contributed by atoms with Gasteiger partial charge in [0, 0.05) is 12.2 Å². The van der Waals surface area contributed by atoms with Crippen LogP contribution in [0.1, 0.15) is 63.4 Å². The van der Waals surface area contributed by atoms with Crippen molar-refractivity contribution in [2.24, 2.45) is 11.8 Å². The first kappa shape index (κ1) is 13.0. The second kappa shape index (κ2) is 5.98. The topological polar surface area (TPSA) is 12.0 Å². The first-order valence-electron chi connectivity index (χ1n) is 8.19. The Bertz CT molecular complexity index is 404. The Morgan fingerprint density at radius 3 is 2.53 bits per heavy atom. The molecule has 1 atom stereocenters. The molecule has 1 aromatic rings. The molecule has 1 heteroatoms. The monoisotopic (exact) mass is 257 g/mol. The minimum atomic E-state index is 0.806. The second-order valence-electron chi connectivity index (χ2n) is 6.53. The number of hydrogen-bond acceptors (Lipinski definition) is 1. The van der Waals surface area contributed by atoms with E-state index in [1.54, 1.807) is 5.56 Å². The van der Waals surface area contributed by atoms with Gasteiger partial charge < -0.3 is 5.32 Å². The molecule has 1 aliphatic heterocycles. The van der Waals surface area contributed by atoms with Crippen LogP contribution in [0.4, 0.5) is 5.69 Å². The van der Waals surface area contributed by atoms with Gasteiger partial charge in [0.25, 0.3) is 0 Å². The van der Waals surface area contributed by atoms with Gasteiger partial charge in [-0.15, -0.1) is 0 Å². The van der Waals surface area contributed by atoms with Crippen molar-refractivity contribution in [1.29, 1.82) is 0 Å². The van der Waals surface area contributed by atoms with E-state index in [-0.39, 0.29) is 0 Å². The fourth-order valence-corrected chi connectivity index (χ4v) is 4.07. The van der Waals surface area contributed by atoms with Crippen molar-refractivity contribution in [1.82, 2.24) is 0 Å². The number of fused-ring (bicyclic) bond motifs is 1. The van der Waals surface area contributed by atoms with Crippen LogP contribution in [0.15, 0.2) is 24.3 Å².